The number of nitrogens with two attached hydrogens (primary N) is 1. The molecule has 0 aliphatic heterocycles. The number of methoxy groups -OCH3 is 1. The maximum Gasteiger partial charge on any atom is 0.289 e. The summed E-state index contributed by atoms with van der Waals surface area (Å²) in [6, 6.07) is 31.3. The number of hydrazone groups is 1. The molecule has 0 saturated carbocycles. The Morgan fingerprint density at radius 3 is 2.35 bits per heavy atom. The largest absolute Gasteiger partial charge is 0.497 e. The van der Waals surface area contributed by atoms with Gasteiger partial charge >= 0.3 is 0 Å². The number of carbonyl (C=O) groups excluding carboxylic acids is 2. The number of hydrogen-bond donors (Lipinski definition) is 3. The lowest BCUT2D eigenvalue weighted by Gasteiger charge is -2.10. The van der Waals surface area contributed by atoms with Crippen LogP contribution in [0.3, 0.4) is 0 Å². The number of nitrogens with zero attached hydrogens (tertiary/aromatic N) is 3. The van der Waals surface area contributed by atoms with Gasteiger partial charge in [0.25, 0.3) is 11.8 Å². The molecule has 0 fully saturated rings. The van der Waals surface area contributed by atoms with Crippen LogP contribution in [0.1, 0.15) is 26.4 Å². The van der Waals surface area contributed by atoms with Gasteiger partial charge in [-0.05, 0) is 66.2 Å². The predicted molar refractivity (Wildman–Crippen MR) is 171 cm³/mol. The van der Waals surface area contributed by atoms with Crippen LogP contribution in [-0.2, 0) is 7.05 Å². The number of ether oxygens (including phenoxy) is 1. The zero-order valence-electron chi connectivity index (χ0n) is 23.5. The van der Waals surface area contributed by atoms with Crippen molar-refractivity contribution in [1.29, 1.82) is 0 Å². The number of para-hydroxylation sites is 3. The number of hydrogen-bond acceptors (Lipinski definition) is 6. The van der Waals surface area contributed by atoms with Crippen molar-refractivity contribution in [3.8, 4) is 17.0 Å². The van der Waals surface area contributed by atoms with Gasteiger partial charge in [0.1, 0.15) is 11.4 Å². The molecule has 0 radical (unpaired) electrons. The molecule has 4 aromatic carbocycles. The van der Waals surface area contributed by atoms with Gasteiger partial charge in [0.15, 0.2) is 0 Å². The maximum absolute atomic E-state index is 13.3. The summed E-state index contributed by atoms with van der Waals surface area (Å²) in [5.41, 5.74) is 14.4. The van der Waals surface area contributed by atoms with E-state index in [0.29, 0.717) is 28.2 Å². The second-order valence-corrected chi connectivity index (χ2v) is 9.92. The summed E-state index contributed by atoms with van der Waals surface area (Å²) in [6.45, 7) is 0. The van der Waals surface area contributed by atoms with Crippen molar-refractivity contribution in [2.75, 3.05) is 18.2 Å². The molecule has 0 spiro atoms. The first-order valence-corrected chi connectivity index (χ1v) is 13.5. The Morgan fingerprint density at radius 2 is 1.60 bits per heavy atom. The average molecular weight is 569 g/mol. The second-order valence-electron chi connectivity index (χ2n) is 9.92. The summed E-state index contributed by atoms with van der Waals surface area (Å²) >= 11 is 0. The smallest absolute Gasteiger partial charge is 0.289 e. The van der Waals surface area contributed by atoms with E-state index in [-0.39, 0.29) is 11.6 Å². The van der Waals surface area contributed by atoms with Crippen molar-refractivity contribution in [1.82, 2.24) is 15.0 Å². The second kappa shape index (κ2) is 11.5. The van der Waals surface area contributed by atoms with E-state index in [4.69, 9.17) is 15.5 Å². The van der Waals surface area contributed by atoms with E-state index in [2.05, 4.69) is 20.4 Å². The third kappa shape index (κ3) is 5.39. The van der Waals surface area contributed by atoms with Crippen LogP contribution < -0.4 is 21.2 Å². The van der Waals surface area contributed by atoms with Gasteiger partial charge in [0.2, 0.25) is 0 Å². The van der Waals surface area contributed by atoms with Crippen LogP contribution in [0.25, 0.3) is 33.1 Å². The van der Waals surface area contributed by atoms with Crippen LogP contribution in [0.5, 0.6) is 5.75 Å². The number of amides is 2. The van der Waals surface area contributed by atoms with Crippen LogP contribution in [0, 0.1) is 0 Å². The number of aryl methyl sites for hydroxylation is 1. The molecule has 0 bridgehead atoms. The van der Waals surface area contributed by atoms with Crippen molar-refractivity contribution in [2.45, 2.75) is 0 Å². The van der Waals surface area contributed by atoms with Gasteiger partial charge in [0, 0.05) is 34.5 Å². The summed E-state index contributed by atoms with van der Waals surface area (Å²) in [4.78, 5) is 30.7. The first-order chi connectivity index (χ1) is 20.9. The highest BCUT2D eigenvalue weighted by Gasteiger charge is 2.19. The quantitative estimate of drug-likeness (QED) is 0.124. The topological polar surface area (TPSA) is 124 Å². The van der Waals surface area contributed by atoms with Crippen molar-refractivity contribution < 1.29 is 14.3 Å². The highest BCUT2D eigenvalue weighted by molar-refractivity contribution is 6.14. The standard InChI is InChI=1S/C34H28N6O3/c1-40-30-10-6-3-7-25(30)26-19-29(37-31(32(26)40)22-15-17-24(43-2)18-16-22)34(42)39-36-20-21-11-13-23(14-12-21)33(41)38-28-9-5-4-8-27(28)35/h3-20H,35H2,1-2H3,(H,38,41)(H,39,42)/b36-20+. The zero-order valence-corrected chi connectivity index (χ0v) is 23.5. The average Bonchev–Trinajstić information content (AvgIpc) is 3.33. The number of nitrogens with one attached hydrogen (secondary N) is 2. The van der Waals surface area contributed by atoms with Crippen LogP contribution in [0.4, 0.5) is 11.4 Å². The number of benzene rings is 4. The Hall–Kier alpha value is -5.96. The zero-order chi connectivity index (χ0) is 29.9. The molecule has 43 heavy (non-hydrogen) atoms. The molecule has 0 unspecified atom stereocenters. The van der Waals surface area contributed by atoms with Gasteiger partial charge in [-0.15, -0.1) is 0 Å². The Kier molecular flexibility index (Phi) is 7.28. The Morgan fingerprint density at radius 1 is 0.884 bits per heavy atom. The molecule has 0 saturated heterocycles. The fourth-order valence-electron chi connectivity index (χ4n) is 5.01. The SMILES string of the molecule is COc1ccc(-c2nc(C(=O)N/N=C/c3ccc(C(=O)Nc4ccccc4N)cc3)cc3c4ccccc4n(C)c23)cc1. The predicted octanol–water partition coefficient (Wildman–Crippen LogP) is 6.00. The molecule has 9 heteroatoms. The number of anilines is 2. The molecule has 2 aromatic heterocycles. The monoisotopic (exact) mass is 568 g/mol. The lowest BCUT2D eigenvalue weighted by molar-refractivity contribution is 0.0949. The third-order valence-corrected chi connectivity index (χ3v) is 7.24. The minimum absolute atomic E-state index is 0.235. The summed E-state index contributed by atoms with van der Waals surface area (Å²) in [6.07, 6.45) is 1.51. The summed E-state index contributed by atoms with van der Waals surface area (Å²) < 4.78 is 7.42. The minimum atomic E-state index is -0.447. The molecule has 212 valence electrons. The van der Waals surface area contributed by atoms with Crippen LogP contribution >= 0.6 is 0 Å². The molecule has 2 amide bonds. The lowest BCUT2D eigenvalue weighted by atomic mass is 10.1. The highest BCUT2D eigenvalue weighted by atomic mass is 16.5. The molecular weight excluding hydrogens is 540 g/mol. The number of fused-ring (bicyclic) bond motifs is 3. The van der Waals surface area contributed by atoms with Gasteiger partial charge in [-0.25, -0.2) is 10.4 Å². The first kappa shape index (κ1) is 27.2. The van der Waals surface area contributed by atoms with Gasteiger partial charge < -0.3 is 20.4 Å². The number of aromatic nitrogens is 2. The van der Waals surface area contributed by atoms with Crippen LogP contribution in [0.15, 0.2) is 108 Å². The summed E-state index contributed by atoms with van der Waals surface area (Å²) in [5, 5.41) is 8.88. The van der Waals surface area contributed by atoms with E-state index in [0.717, 1.165) is 33.1 Å². The van der Waals surface area contributed by atoms with Gasteiger partial charge in [-0.3, -0.25) is 9.59 Å². The Labute approximate surface area is 247 Å². The molecule has 6 aromatic rings. The third-order valence-electron chi connectivity index (χ3n) is 7.24. The molecule has 0 aliphatic rings. The van der Waals surface area contributed by atoms with Crippen molar-refractivity contribution >= 4 is 51.2 Å². The van der Waals surface area contributed by atoms with E-state index in [1.165, 1.54) is 6.21 Å². The fourth-order valence-corrected chi connectivity index (χ4v) is 5.01. The minimum Gasteiger partial charge on any atom is -0.497 e. The van der Waals surface area contributed by atoms with E-state index in [9.17, 15) is 9.59 Å². The Balaban J connectivity index is 1.24. The van der Waals surface area contributed by atoms with Crippen LogP contribution in [-0.4, -0.2) is 34.7 Å². The molecule has 0 atom stereocenters. The van der Waals surface area contributed by atoms with Gasteiger partial charge in [0.05, 0.1) is 35.9 Å². The highest BCUT2D eigenvalue weighted by Crippen LogP contribution is 2.35. The molecular formula is C34H28N6O3. The fraction of sp³-hybridized carbons (Fsp3) is 0.0588. The van der Waals surface area contributed by atoms with Gasteiger partial charge in [-0.1, -0.05) is 42.5 Å². The van der Waals surface area contributed by atoms with Crippen molar-refractivity contribution in [3.63, 3.8) is 0 Å². The van der Waals surface area contributed by atoms with Crippen molar-refractivity contribution in [3.05, 3.63) is 120 Å². The normalized spacial score (nSPS) is 11.2. The lowest BCUT2D eigenvalue weighted by Crippen LogP contribution is -2.19. The van der Waals surface area contributed by atoms with E-state index >= 15 is 0 Å². The number of nitrogen functional groups attached to an aromatic ring is 1. The van der Waals surface area contributed by atoms with E-state index in [1.807, 2.05) is 55.6 Å². The molecule has 9 nitrogen and oxygen atoms in total. The molecule has 0 aliphatic carbocycles. The van der Waals surface area contributed by atoms with Crippen LogP contribution in [0.2, 0.25) is 0 Å². The number of rotatable bonds is 7. The van der Waals surface area contributed by atoms with E-state index < -0.39 is 5.91 Å². The van der Waals surface area contributed by atoms with Gasteiger partial charge in [-0.2, -0.15) is 5.10 Å². The van der Waals surface area contributed by atoms with E-state index in [1.54, 1.807) is 61.7 Å². The first-order valence-electron chi connectivity index (χ1n) is 13.5. The molecule has 6 rings (SSSR count). The number of carbonyl (C=O) groups is 2. The number of pyridine rings is 1. The summed E-state index contributed by atoms with van der Waals surface area (Å²) in [5.74, 6) is 0.00405. The maximum atomic E-state index is 13.3. The molecule has 2 heterocycles. The Bertz CT molecular complexity index is 2010. The van der Waals surface area contributed by atoms with Crippen molar-refractivity contribution in [2.24, 2.45) is 12.1 Å². The summed E-state index contributed by atoms with van der Waals surface area (Å²) in [7, 11) is 3.62. The molecule has 4 N–H and O–H groups in total.